The van der Waals surface area contributed by atoms with E-state index in [4.69, 9.17) is 4.74 Å². The Hall–Kier alpha value is -2.88. The van der Waals surface area contributed by atoms with Gasteiger partial charge in [0.15, 0.2) is 0 Å². The Morgan fingerprint density at radius 2 is 1.15 bits per heavy atom. The van der Waals surface area contributed by atoms with Gasteiger partial charge in [-0.2, -0.15) is 0 Å². The Morgan fingerprint density at radius 3 is 1.62 bits per heavy atom. The molecule has 0 spiro atoms. The lowest BCUT2D eigenvalue weighted by atomic mass is 9.36. The van der Waals surface area contributed by atoms with Crippen molar-refractivity contribution in [2.75, 3.05) is 38.0 Å². The number of anilines is 2. The number of benzene rings is 3. The minimum atomic E-state index is 0.183. The summed E-state index contributed by atoms with van der Waals surface area (Å²) in [5.74, 6) is 1.88. The summed E-state index contributed by atoms with van der Waals surface area (Å²) < 4.78 is 6.36. The summed E-state index contributed by atoms with van der Waals surface area (Å²) in [5, 5.41) is 0. The number of ether oxygens (including phenoxy) is 1. The first-order chi connectivity index (χ1) is 12.5. The number of fused-ring (bicyclic) bond motifs is 2. The molecule has 130 valence electrons. The predicted molar refractivity (Wildman–Crippen MR) is 113 cm³/mol. The van der Waals surface area contributed by atoms with Gasteiger partial charge in [-0.15, -0.1) is 0 Å². The Morgan fingerprint density at radius 1 is 0.654 bits per heavy atom. The lowest BCUT2D eigenvalue weighted by Gasteiger charge is -2.29. The first-order valence-corrected chi connectivity index (χ1v) is 8.90. The first-order valence-electron chi connectivity index (χ1n) is 8.90. The van der Waals surface area contributed by atoms with Gasteiger partial charge in [0, 0.05) is 51.7 Å². The second-order valence-electron chi connectivity index (χ2n) is 7.18. The van der Waals surface area contributed by atoms with Crippen molar-refractivity contribution in [3.8, 4) is 11.5 Å². The van der Waals surface area contributed by atoms with E-state index in [1.165, 1.54) is 16.4 Å². The van der Waals surface area contributed by atoms with Gasteiger partial charge in [0.25, 0.3) is 6.71 Å². The zero-order chi connectivity index (χ0) is 18.3. The Kier molecular flexibility index (Phi) is 4.11. The van der Waals surface area contributed by atoms with Crippen LogP contribution in [0.4, 0.5) is 11.4 Å². The summed E-state index contributed by atoms with van der Waals surface area (Å²) in [6.07, 6.45) is 0. The largest absolute Gasteiger partial charge is 0.458 e. The molecular weight excluding hydrogens is 319 g/mol. The molecule has 4 heteroatoms. The van der Waals surface area contributed by atoms with E-state index in [0.717, 1.165) is 22.9 Å². The maximum atomic E-state index is 6.36. The van der Waals surface area contributed by atoms with Crippen molar-refractivity contribution in [1.29, 1.82) is 0 Å². The van der Waals surface area contributed by atoms with Crippen LogP contribution in [0, 0.1) is 0 Å². The molecule has 3 nitrogen and oxygen atoms in total. The third-order valence-corrected chi connectivity index (χ3v) is 5.00. The fourth-order valence-electron chi connectivity index (χ4n) is 3.55. The minimum Gasteiger partial charge on any atom is -0.458 e. The number of hydrogen-bond acceptors (Lipinski definition) is 3. The van der Waals surface area contributed by atoms with Crippen molar-refractivity contribution in [2.45, 2.75) is 0 Å². The van der Waals surface area contributed by atoms with E-state index in [1.54, 1.807) is 0 Å². The Labute approximate surface area is 155 Å². The number of rotatable bonds is 3. The monoisotopic (exact) mass is 342 g/mol. The molecule has 0 atom stereocenters. The summed E-state index contributed by atoms with van der Waals surface area (Å²) >= 11 is 0. The topological polar surface area (TPSA) is 15.7 Å². The molecule has 1 aliphatic heterocycles. The molecule has 0 aliphatic carbocycles. The third-order valence-electron chi connectivity index (χ3n) is 5.00. The maximum absolute atomic E-state index is 6.36. The SMILES string of the molecule is CN(C)c1ccc2c(c1)Oc1cc(N(C)C)ccc1B2c1ccccc1. The predicted octanol–water partition coefficient (Wildman–Crippen LogP) is 2.44. The summed E-state index contributed by atoms with van der Waals surface area (Å²) in [4.78, 5) is 4.21. The van der Waals surface area contributed by atoms with Crippen molar-refractivity contribution in [2.24, 2.45) is 0 Å². The van der Waals surface area contributed by atoms with E-state index in [9.17, 15) is 0 Å². The Bertz CT molecular complexity index is 881. The second-order valence-corrected chi connectivity index (χ2v) is 7.18. The van der Waals surface area contributed by atoms with Crippen molar-refractivity contribution in [1.82, 2.24) is 0 Å². The molecule has 0 aromatic heterocycles. The Balaban J connectivity index is 1.91. The van der Waals surface area contributed by atoms with Gasteiger partial charge >= 0.3 is 0 Å². The number of nitrogens with zero attached hydrogens (tertiary/aromatic N) is 2. The van der Waals surface area contributed by atoms with Crippen LogP contribution >= 0.6 is 0 Å². The van der Waals surface area contributed by atoms with Crippen LogP contribution in [0.25, 0.3) is 0 Å². The molecule has 0 saturated heterocycles. The van der Waals surface area contributed by atoms with Crippen molar-refractivity contribution in [3.63, 3.8) is 0 Å². The number of hydrogen-bond donors (Lipinski definition) is 0. The second kappa shape index (κ2) is 6.45. The lowest BCUT2D eigenvalue weighted by Crippen LogP contribution is -2.54. The van der Waals surface area contributed by atoms with Crippen LogP contribution in [0.3, 0.4) is 0 Å². The first kappa shape index (κ1) is 16.6. The standard InChI is InChI=1S/C22H23BN2O/c1-24(2)17-10-12-19-21(14-17)26-22-15-18(25(3)4)11-13-20(22)23(19)16-8-6-5-7-9-16/h5-15H,1-4H3. The zero-order valence-electron chi connectivity index (χ0n) is 15.7. The zero-order valence-corrected chi connectivity index (χ0v) is 15.7. The van der Waals surface area contributed by atoms with Gasteiger partial charge in [0.05, 0.1) is 0 Å². The molecule has 3 aromatic carbocycles. The fourth-order valence-corrected chi connectivity index (χ4v) is 3.55. The molecule has 26 heavy (non-hydrogen) atoms. The molecule has 0 unspecified atom stereocenters. The van der Waals surface area contributed by atoms with E-state index in [-0.39, 0.29) is 6.71 Å². The van der Waals surface area contributed by atoms with E-state index in [2.05, 4.69) is 105 Å². The molecule has 0 bridgehead atoms. The summed E-state index contributed by atoms with van der Waals surface area (Å²) in [7, 11) is 8.21. The summed E-state index contributed by atoms with van der Waals surface area (Å²) in [6, 6.07) is 23.7. The average Bonchev–Trinajstić information content (AvgIpc) is 2.65. The van der Waals surface area contributed by atoms with E-state index >= 15 is 0 Å². The fraction of sp³-hybridized carbons (Fsp3) is 0.182. The molecule has 1 aliphatic rings. The van der Waals surface area contributed by atoms with Gasteiger partial charge < -0.3 is 14.5 Å². The maximum Gasteiger partial charge on any atom is 0.250 e. The third kappa shape index (κ3) is 2.82. The smallest absolute Gasteiger partial charge is 0.250 e. The molecule has 0 amide bonds. The van der Waals surface area contributed by atoms with Crippen LogP contribution in [0.1, 0.15) is 0 Å². The molecule has 0 saturated carbocycles. The van der Waals surface area contributed by atoms with Crippen LogP contribution in [0.2, 0.25) is 0 Å². The average molecular weight is 342 g/mol. The van der Waals surface area contributed by atoms with Crippen molar-refractivity contribution in [3.05, 3.63) is 66.7 Å². The highest BCUT2D eigenvalue weighted by Crippen LogP contribution is 2.30. The normalized spacial score (nSPS) is 12.1. The van der Waals surface area contributed by atoms with Crippen molar-refractivity contribution >= 4 is 34.5 Å². The van der Waals surface area contributed by atoms with E-state index in [1.807, 2.05) is 0 Å². The highest BCUT2D eigenvalue weighted by Gasteiger charge is 2.32. The molecule has 3 aromatic rings. The molecule has 0 fully saturated rings. The minimum absolute atomic E-state index is 0.183. The van der Waals surface area contributed by atoms with Crippen LogP contribution in [-0.2, 0) is 0 Å². The highest BCUT2D eigenvalue weighted by atomic mass is 16.5. The highest BCUT2D eigenvalue weighted by molar-refractivity contribution is 6.96. The lowest BCUT2D eigenvalue weighted by molar-refractivity contribution is 0.487. The summed E-state index contributed by atoms with van der Waals surface area (Å²) in [5.41, 5.74) is 6.00. The van der Waals surface area contributed by atoms with Gasteiger partial charge in [-0.25, -0.2) is 0 Å². The van der Waals surface area contributed by atoms with Crippen LogP contribution in [-0.4, -0.2) is 34.9 Å². The van der Waals surface area contributed by atoms with E-state index in [0.29, 0.717) is 0 Å². The van der Waals surface area contributed by atoms with Gasteiger partial charge in [-0.05, 0) is 23.1 Å². The van der Waals surface area contributed by atoms with Gasteiger partial charge in [-0.3, -0.25) is 0 Å². The van der Waals surface area contributed by atoms with Crippen molar-refractivity contribution < 1.29 is 4.74 Å². The van der Waals surface area contributed by atoms with E-state index < -0.39 is 0 Å². The molecular formula is C22H23BN2O. The van der Waals surface area contributed by atoms with Crippen LogP contribution in [0.15, 0.2) is 66.7 Å². The van der Waals surface area contributed by atoms with Crippen LogP contribution in [0.5, 0.6) is 11.5 Å². The summed E-state index contributed by atoms with van der Waals surface area (Å²) in [6.45, 7) is 0.183. The van der Waals surface area contributed by atoms with Gasteiger partial charge in [-0.1, -0.05) is 47.9 Å². The molecule has 0 N–H and O–H groups in total. The molecule has 0 radical (unpaired) electrons. The quantitative estimate of drug-likeness (QED) is 0.532. The van der Waals surface area contributed by atoms with Crippen LogP contribution < -0.4 is 30.9 Å². The molecule has 1 heterocycles. The van der Waals surface area contributed by atoms with Gasteiger partial charge in [0.2, 0.25) is 0 Å². The molecule has 4 rings (SSSR count). The van der Waals surface area contributed by atoms with Gasteiger partial charge in [0.1, 0.15) is 11.5 Å².